The van der Waals surface area contributed by atoms with Crippen molar-refractivity contribution in [2.75, 3.05) is 31.1 Å². The van der Waals surface area contributed by atoms with Gasteiger partial charge in [-0.1, -0.05) is 6.92 Å². The Bertz CT molecular complexity index is 649. The topological polar surface area (TPSA) is 114 Å². The maximum atomic E-state index is 12.1. The van der Waals surface area contributed by atoms with Gasteiger partial charge in [0.15, 0.2) is 6.61 Å². The van der Waals surface area contributed by atoms with Crippen LogP contribution in [0.2, 0.25) is 0 Å². The minimum atomic E-state index is -0.560. The highest BCUT2D eigenvalue weighted by atomic mass is 16.6. The number of non-ortho nitro benzene ring substituents is 1. The summed E-state index contributed by atoms with van der Waals surface area (Å²) in [5, 5.41) is 16.8. The number of fused-ring (bicyclic) bond motifs is 1. The first-order valence-electron chi connectivity index (χ1n) is 7.64. The summed E-state index contributed by atoms with van der Waals surface area (Å²) in [5.41, 5.74) is 0.0635. The standard InChI is InChI=1S/C15H20N4O5/c1-3-16-10(2)7-17-14(20)8-18-12-6-11(19(22)23)4-5-13(12)24-9-15(18)21/h4-6,10,16H,3,7-9H2,1-2H3,(H,17,20)/t10-/m1/s1. The molecule has 2 N–H and O–H groups in total. The van der Waals surface area contributed by atoms with Crippen LogP contribution in [0, 0.1) is 10.1 Å². The average molecular weight is 336 g/mol. The van der Waals surface area contributed by atoms with E-state index in [-0.39, 0.29) is 36.5 Å². The highest BCUT2D eigenvalue weighted by molar-refractivity contribution is 6.02. The van der Waals surface area contributed by atoms with Crippen LogP contribution in [0.25, 0.3) is 0 Å². The number of nitro groups is 1. The maximum absolute atomic E-state index is 12.1. The van der Waals surface area contributed by atoms with E-state index in [2.05, 4.69) is 10.6 Å². The van der Waals surface area contributed by atoms with Gasteiger partial charge in [-0.25, -0.2) is 0 Å². The van der Waals surface area contributed by atoms with Crippen molar-refractivity contribution in [2.45, 2.75) is 19.9 Å². The highest BCUT2D eigenvalue weighted by Crippen LogP contribution is 2.34. The van der Waals surface area contributed by atoms with Crippen LogP contribution in [0.1, 0.15) is 13.8 Å². The second-order valence-corrected chi connectivity index (χ2v) is 5.44. The monoisotopic (exact) mass is 336 g/mol. The first-order chi connectivity index (χ1) is 11.4. The zero-order chi connectivity index (χ0) is 17.7. The Morgan fingerprint density at radius 3 is 2.92 bits per heavy atom. The third-order valence-electron chi connectivity index (χ3n) is 3.56. The summed E-state index contributed by atoms with van der Waals surface area (Å²) < 4.78 is 5.26. The number of hydrogen-bond donors (Lipinski definition) is 2. The van der Waals surface area contributed by atoms with Gasteiger partial charge >= 0.3 is 0 Å². The summed E-state index contributed by atoms with van der Waals surface area (Å²) in [7, 11) is 0. The molecular weight excluding hydrogens is 316 g/mol. The number of amides is 2. The van der Waals surface area contributed by atoms with E-state index in [0.717, 1.165) is 6.54 Å². The lowest BCUT2D eigenvalue weighted by Crippen LogP contribution is -2.47. The third kappa shape index (κ3) is 4.19. The molecular formula is C15H20N4O5. The van der Waals surface area contributed by atoms with Crippen LogP contribution in [0.5, 0.6) is 5.75 Å². The molecule has 1 heterocycles. The first-order valence-corrected chi connectivity index (χ1v) is 7.64. The molecule has 1 aromatic rings. The summed E-state index contributed by atoms with van der Waals surface area (Å²) in [6.07, 6.45) is 0. The van der Waals surface area contributed by atoms with Crippen LogP contribution in [0.4, 0.5) is 11.4 Å². The molecule has 2 rings (SSSR count). The van der Waals surface area contributed by atoms with Crippen molar-refractivity contribution in [2.24, 2.45) is 0 Å². The minimum absolute atomic E-state index is 0.104. The molecule has 0 radical (unpaired) electrons. The van der Waals surface area contributed by atoms with Crippen molar-refractivity contribution in [1.82, 2.24) is 10.6 Å². The number of nitrogens with one attached hydrogen (secondary N) is 2. The molecule has 1 aliphatic heterocycles. The molecule has 2 amide bonds. The molecule has 1 aromatic carbocycles. The molecule has 0 aromatic heterocycles. The van der Waals surface area contributed by atoms with Crippen molar-refractivity contribution < 1.29 is 19.2 Å². The number of hydrogen-bond acceptors (Lipinski definition) is 6. The molecule has 0 fully saturated rings. The number of carbonyl (C=O) groups is 2. The van der Waals surface area contributed by atoms with Crippen LogP contribution in [0.15, 0.2) is 18.2 Å². The quantitative estimate of drug-likeness (QED) is 0.551. The van der Waals surface area contributed by atoms with E-state index in [4.69, 9.17) is 4.74 Å². The number of carbonyl (C=O) groups excluding carboxylic acids is 2. The van der Waals surface area contributed by atoms with Crippen molar-refractivity contribution in [3.05, 3.63) is 28.3 Å². The Morgan fingerprint density at radius 1 is 1.50 bits per heavy atom. The van der Waals surface area contributed by atoms with Crippen molar-refractivity contribution in [3.8, 4) is 5.75 Å². The van der Waals surface area contributed by atoms with Gasteiger partial charge in [-0.3, -0.25) is 24.6 Å². The molecule has 24 heavy (non-hydrogen) atoms. The van der Waals surface area contributed by atoms with E-state index in [1.165, 1.54) is 23.1 Å². The van der Waals surface area contributed by atoms with Gasteiger partial charge in [-0.05, 0) is 19.5 Å². The molecule has 130 valence electrons. The van der Waals surface area contributed by atoms with E-state index in [1.807, 2.05) is 13.8 Å². The Balaban J connectivity index is 2.10. The maximum Gasteiger partial charge on any atom is 0.271 e. The minimum Gasteiger partial charge on any atom is -0.482 e. The van der Waals surface area contributed by atoms with Gasteiger partial charge in [-0.15, -0.1) is 0 Å². The van der Waals surface area contributed by atoms with Crippen LogP contribution in [-0.2, 0) is 9.59 Å². The summed E-state index contributed by atoms with van der Waals surface area (Å²) in [6.45, 7) is 4.70. The fourth-order valence-electron chi connectivity index (χ4n) is 2.36. The Morgan fingerprint density at radius 2 is 2.25 bits per heavy atom. The Kier molecular flexibility index (Phi) is 5.69. The second kappa shape index (κ2) is 7.73. The number of anilines is 1. The molecule has 0 spiro atoms. The van der Waals surface area contributed by atoms with Gasteiger partial charge in [0.1, 0.15) is 12.3 Å². The van der Waals surface area contributed by atoms with E-state index in [1.54, 1.807) is 0 Å². The number of likely N-dealkylation sites (N-methyl/N-ethyl adjacent to an activating group) is 1. The normalized spacial score (nSPS) is 14.6. The number of benzene rings is 1. The highest BCUT2D eigenvalue weighted by Gasteiger charge is 2.29. The zero-order valence-corrected chi connectivity index (χ0v) is 13.6. The number of nitrogens with zero attached hydrogens (tertiary/aromatic N) is 2. The summed E-state index contributed by atoms with van der Waals surface area (Å²) in [6, 6.07) is 4.07. The number of nitro benzene ring substituents is 1. The van der Waals surface area contributed by atoms with Gasteiger partial charge in [0, 0.05) is 24.7 Å². The van der Waals surface area contributed by atoms with Crippen molar-refractivity contribution in [1.29, 1.82) is 0 Å². The third-order valence-corrected chi connectivity index (χ3v) is 3.56. The van der Waals surface area contributed by atoms with E-state index in [9.17, 15) is 19.7 Å². The molecule has 0 saturated heterocycles. The Labute approximate surface area is 139 Å². The number of ether oxygens (including phenoxy) is 1. The lowest BCUT2D eigenvalue weighted by Gasteiger charge is -2.28. The van der Waals surface area contributed by atoms with Crippen LogP contribution < -0.4 is 20.3 Å². The van der Waals surface area contributed by atoms with Crippen LogP contribution in [0.3, 0.4) is 0 Å². The van der Waals surface area contributed by atoms with Gasteiger partial charge in [0.25, 0.3) is 11.6 Å². The van der Waals surface area contributed by atoms with Gasteiger partial charge < -0.3 is 15.4 Å². The molecule has 9 heteroatoms. The lowest BCUT2D eigenvalue weighted by molar-refractivity contribution is -0.384. The first kappa shape index (κ1) is 17.7. The molecule has 1 aliphatic rings. The van der Waals surface area contributed by atoms with E-state index < -0.39 is 10.8 Å². The molecule has 0 unspecified atom stereocenters. The fourth-order valence-corrected chi connectivity index (χ4v) is 2.36. The molecule has 0 saturated carbocycles. The van der Waals surface area contributed by atoms with E-state index in [0.29, 0.717) is 12.3 Å². The molecule has 9 nitrogen and oxygen atoms in total. The smallest absolute Gasteiger partial charge is 0.271 e. The van der Waals surface area contributed by atoms with E-state index >= 15 is 0 Å². The predicted octanol–water partition coefficient (Wildman–Crippen LogP) is 0.434. The van der Waals surface area contributed by atoms with Gasteiger partial charge in [0.2, 0.25) is 5.91 Å². The fraction of sp³-hybridized carbons (Fsp3) is 0.467. The largest absolute Gasteiger partial charge is 0.482 e. The van der Waals surface area contributed by atoms with Crippen LogP contribution in [-0.4, -0.2) is 49.0 Å². The van der Waals surface area contributed by atoms with Crippen LogP contribution >= 0.6 is 0 Å². The summed E-state index contributed by atoms with van der Waals surface area (Å²) >= 11 is 0. The zero-order valence-electron chi connectivity index (χ0n) is 13.6. The van der Waals surface area contributed by atoms with Crippen molar-refractivity contribution in [3.63, 3.8) is 0 Å². The predicted molar refractivity (Wildman–Crippen MR) is 87.1 cm³/mol. The number of rotatable bonds is 7. The average Bonchev–Trinajstić information content (AvgIpc) is 2.55. The summed E-state index contributed by atoms with van der Waals surface area (Å²) in [5.74, 6) is -0.417. The summed E-state index contributed by atoms with van der Waals surface area (Å²) in [4.78, 5) is 35.7. The second-order valence-electron chi connectivity index (χ2n) is 5.44. The SMILES string of the molecule is CCN[C@H](C)CNC(=O)CN1C(=O)COc2ccc([N+](=O)[O-])cc21. The molecule has 1 atom stereocenters. The van der Waals surface area contributed by atoms with Crippen molar-refractivity contribution >= 4 is 23.2 Å². The van der Waals surface area contributed by atoms with Gasteiger partial charge in [-0.2, -0.15) is 0 Å². The Hall–Kier alpha value is -2.68. The van der Waals surface area contributed by atoms with Gasteiger partial charge in [0.05, 0.1) is 10.6 Å². The molecule has 0 bridgehead atoms. The lowest BCUT2D eigenvalue weighted by atomic mass is 10.2. The molecule has 0 aliphatic carbocycles.